The molecule has 0 aliphatic heterocycles. The van der Waals surface area contributed by atoms with Crippen molar-refractivity contribution in [3.8, 4) is 11.8 Å². The van der Waals surface area contributed by atoms with E-state index in [1.165, 1.54) is 0 Å². The van der Waals surface area contributed by atoms with Crippen LogP contribution in [0.2, 0.25) is 0 Å². The lowest BCUT2D eigenvalue weighted by molar-refractivity contribution is 0.410. The maximum Gasteiger partial charge on any atom is 0.122 e. The van der Waals surface area contributed by atoms with Crippen LogP contribution < -0.4 is 15.8 Å². The van der Waals surface area contributed by atoms with Gasteiger partial charge < -0.3 is 15.8 Å². The quantitative estimate of drug-likeness (QED) is 0.817. The van der Waals surface area contributed by atoms with Crippen LogP contribution in [0.4, 0.5) is 11.4 Å². The van der Waals surface area contributed by atoms with Crippen molar-refractivity contribution in [3.05, 3.63) is 53.6 Å². The van der Waals surface area contributed by atoms with Crippen LogP contribution in [0.25, 0.3) is 0 Å². The summed E-state index contributed by atoms with van der Waals surface area (Å²) in [4.78, 5) is 0. The molecular formula is C16H17N3O. The van der Waals surface area contributed by atoms with E-state index in [1.807, 2.05) is 30.3 Å². The number of nitriles is 1. The smallest absolute Gasteiger partial charge is 0.122 e. The average Bonchev–Trinajstić information content (AvgIpc) is 2.49. The fraction of sp³-hybridized carbons (Fsp3) is 0.188. The number of methoxy groups -OCH3 is 1. The summed E-state index contributed by atoms with van der Waals surface area (Å²) in [5.41, 5.74) is 8.73. The van der Waals surface area contributed by atoms with E-state index < -0.39 is 0 Å². The standard InChI is InChI=1S/C16H17N3O/c1-20-16-5-3-2-4-12(16)8-9-19-14-6-7-15(18)13(10-14)11-17/h2-7,10,19H,8-9,18H2,1H3. The van der Waals surface area contributed by atoms with Gasteiger partial charge in [-0.25, -0.2) is 0 Å². The van der Waals surface area contributed by atoms with Gasteiger partial charge >= 0.3 is 0 Å². The number of nitrogens with two attached hydrogens (primary N) is 1. The van der Waals surface area contributed by atoms with Crippen LogP contribution in [-0.4, -0.2) is 13.7 Å². The number of rotatable bonds is 5. The molecule has 0 bridgehead atoms. The number of nitrogens with zero attached hydrogens (tertiary/aromatic N) is 1. The summed E-state index contributed by atoms with van der Waals surface area (Å²) in [5, 5.41) is 12.2. The van der Waals surface area contributed by atoms with Crippen LogP contribution in [-0.2, 0) is 6.42 Å². The van der Waals surface area contributed by atoms with Gasteiger partial charge in [-0.1, -0.05) is 18.2 Å². The Balaban J connectivity index is 1.98. The lowest BCUT2D eigenvalue weighted by Crippen LogP contribution is -2.06. The minimum Gasteiger partial charge on any atom is -0.496 e. The van der Waals surface area contributed by atoms with Crippen LogP contribution >= 0.6 is 0 Å². The lowest BCUT2D eigenvalue weighted by Gasteiger charge is -2.10. The maximum atomic E-state index is 8.94. The summed E-state index contributed by atoms with van der Waals surface area (Å²) in [6.45, 7) is 0.759. The third-order valence-electron chi connectivity index (χ3n) is 3.09. The number of ether oxygens (including phenoxy) is 1. The summed E-state index contributed by atoms with van der Waals surface area (Å²) < 4.78 is 5.31. The fourth-order valence-electron chi connectivity index (χ4n) is 2.01. The normalized spacial score (nSPS) is 9.80. The molecule has 0 heterocycles. The van der Waals surface area contributed by atoms with Gasteiger partial charge in [-0.2, -0.15) is 5.26 Å². The van der Waals surface area contributed by atoms with Crippen molar-refractivity contribution < 1.29 is 4.74 Å². The molecule has 0 aliphatic rings. The zero-order valence-corrected chi connectivity index (χ0v) is 11.4. The van der Waals surface area contributed by atoms with Gasteiger partial charge in [0.25, 0.3) is 0 Å². The molecule has 0 fully saturated rings. The average molecular weight is 267 g/mol. The SMILES string of the molecule is COc1ccccc1CCNc1ccc(N)c(C#N)c1. The molecular weight excluding hydrogens is 250 g/mol. The predicted molar refractivity (Wildman–Crippen MR) is 80.8 cm³/mol. The zero-order valence-electron chi connectivity index (χ0n) is 11.4. The lowest BCUT2D eigenvalue weighted by atomic mass is 10.1. The number of nitrogens with one attached hydrogen (secondary N) is 1. The third kappa shape index (κ3) is 3.21. The molecule has 0 aromatic heterocycles. The van der Waals surface area contributed by atoms with E-state index in [1.54, 1.807) is 19.2 Å². The first-order valence-electron chi connectivity index (χ1n) is 6.40. The Labute approximate surface area is 118 Å². The van der Waals surface area contributed by atoms with Gasteiger partial charge in [-0.05, 0) is 36.2 Å². The summed E-state index contributed by atoms with van der Waals surface area (Å²) >= 11 is 0. The van der Waals surface area contributed by atoms with Gasteiger partial charge in [0.1, 0.15) is 11.8 Å². The molecule has 0 unspecified atom stereocenters. The molecule has 0 spiro atoms. The van der Waals surface area contributed by atoms with Crippen LogP contribution in [0.5, 0.6) is 5.75 Å². The van der Waals surface area contributed by atoms with E-state index in [4.69, 9.17) is 15.7 Å². The summed E-state index contributed by atoms with van der Waals surface area (Å²) in [6.07, 6.45) is 0.844. The van der Waals surface area contributed by atoms with Crippen molar-refractivity contribution in [3.63, 3.8) is 0 Å². The highest BCUT2D eigenvalue weighted by Crippen LogP contribution is 2.19. The summed E-state index contributed by atoms with van der Waals surface area (Å²) in [5.74, 6) is 0.893. The number of anilines is 2. The van der Waals surface area contributed by atoms with Gasteiger partial charge in [0.2, 0.25) is 0 Å². The first-order chi connectivity index (χ1) is 9.74. The van der Waals surface area contributed by atoms with E-state index in [0.717, 1.165) is 30.0 Å². The van der Waals surface area contributed by atoms with Crippen molar-refractivity contribution in [2.45, 2.75) is 6.42 Å². The highest BCUT2D eigenvalue weighted by Gasteiger charge is 2.02. The fourth-order valence-corrected chi connectivity index (χ4v) is 2.01. The van der Waals surface area contributed by atoms with Gasteiger partial charge in [-0.15, -0.1) is 0 Å². The van der Waals surface area contributed by atoms with E-state index in [2.05, 4.69) is 11.4 Å². The largest absolute Gasteiger partial charge is 0.496 e. The minimum absolute atomic E-state index is 0.493. The second kappa shape index (κ2) is 6.48. The number of para-hydroxylation sites is 1. The molecule has 2 rings (SSSR count). The number of hydrogen-bond donors (Lipinski definition) is 2. The van der Waals surface area contributed by atoms with Gasteiger partial charge in [0.15, 0.2) is 0 Å². The Morgan fingerprint density at radius 2 is 2.05 bits per heavy atom. The second-order valence-corrected chi connectivity index (χ2v) is 4.40. The van der Waals surface area contributed by atoms with Crippen LogP contribution in [0.3, 0.4) is 0 Å². The molecule has 2 aromatic rings. The number of benzene rings is 2. The van der Waals surface area contributed by atoms with Crippen molar-refractivity contribution in [2.75, 3.05) is 24.7 Å². The highest BCUT2D eigenvalue weighted by molar-refractivity contribution is 5.61. The van der Waals surface area contributed by atoms with Crippen LogP contribution in [0.1, 0.15) is 11.1 Å². The van der Waals surface area contributed by atoms with E-state index >= 15 is 0 Å². The van der Waals surface area contributed by atoms with Gasteiger partial charge in [0, 0.05) is 17.9 Å². The minimum atomic E-state index is 0.493. The van der Waals surface area contributed by atoms with E-state index in [0.29, 0.717) is 11.3 Å². The molecule has 0 amide bonds. The number of nitrogen functional groups attached to an aromatic ring is 1. The summed E-state index contributed by atoms with van der Waals surface area (Å²) in [6, 6.07) is 15.4. The monoisotopic (exact) mass is 267 g/mol. The number of hydrogen-bond acceptors (Lipinski definition) is 4. The molecule has 4 heteroatoms. The van der Waals surface area contributed by atoms with Gasteiger partial charge in [0.05, 0.1) is 12.7 Å². The Morgan fingerprint density at radius 3 is 2.80 bits per heavy atom. The molecule has 20 heavy (non-hydrogen) atoms. The molecule has 0 radical (unpaired) electrons. The molecule has 0 atom stereocenters. The Bertz CT molecular complexity index is 632. The first-order valence-corrected chi connectivity index (χ1v) is 6.40. The van der Waals surface area contributed by atoms with Crippen molar-refractivity contribution in [1.82, 2.24) is 0 Å². The summed E-state index contributed by atoms with van der Waals surface area (Å²) in [7, 11) is 1.67. The highest BCUT2D eigenvalue weighted by atomic mass is 16.5. The molecule has 0 saturated heterocycles. The Kier molecular flexibility index (Phi) is 4.46. The molecule has 0 saturated carbocycles. The van der Waals surface area contributed by atoms with Crippen LogP contribution in [0.15, 0.2) is 42.5 Å². The van der Waals surface area contributed by atoms with Crippen LogP contribution in [0, 0.1) is 11.3 Å². The van der Waals surface area contributed by atoms with Crippen molar-refractivity contribution in [1.29, 1.82) is 5.26 Å². The predicted octanol–water partition coefficient (Wildman–Crippen LogP) is 2.80. The van der Waals surface area contributed by atoms with Gasteiger partial charge in [-0.3, -0.25) is 0 Å². The molecule has 0 aliphatic carbocycles. The zero-order chi connectivity index (χ0) is 14.4. The Hall–Kier alpha value is -2.67. The molecule has 102 valence electrons. The molecule has 4 nitrogen and oxygen atoms in total. The van der Waals surface area contributed by atoms with Crippen molar-refractivity contribution in [2.24, 2.45) is 0 Å². The Morgan fingerprint density at radius 1 is 1.25 bits per heavy atom. The molecule has 2 aromatic carbocycles. The van der Waals surface area contributed by atoms with E-state index in [-0.39, 0.29) is 0 Å². The second-order valence-electron chi connectivity index (χ2n) is 4.40. The topological polar surface area (TPSA) is 71.1 Å². The third-order valence-corrected chi connectivity index (χ3v) is 3.09. The van der Waals surface area contributed by atoms with Crippen molar-refractivity contribution >= 4 is 11.4 Å². The van der Waals surface area contributed by atoms with E-state index in [9.17, 15) is 0 Å². The molecule has 3 N–H and O–H groups in total. The first kappa shape index (κ1) is 13.8. The maximum absolute atomic E-state index is 8.94.